The van der Waals surface area contributed by atoms with E-state index in [1.165, 1.54) is 11.3 Å². The van der Waals surface area contributed by atoms with E-state index in [0.717, 1.165) is 5.56 Å². The van der Waals surface area contributed by atoms with E-state index in [1.54, 1.807) is 6.07 Å². The molecule has 5 nitrogen and oxygen atoms in total. The van der Waals surface area contributed by atoms with Gasteiger partial charge in [0.2, 0.25) is 0 Å². The van der Waals surface area contributed by atoms with Crippen LogP contribution in [0, 0.1) is 0 Å². The van der Waals surface area contributed by atoms with Crippen molar-refractivity contribution in [1.82, 2.24) is 10.1 Å². The van der Waals surface area contributed by atoms with E-state index >= 15 is 0 Å². The number of ether oxygens (including phenoxy) is 1. The summed E-state index contributed by atoms with van der Waals surface area (Å²) in [5.74, 6) is 0.987. The maximum absolute atomic E-state index is 5.57. The molecule has 2 aromatic heterocycles. The van der Waals surface area contributed by atoms with Crippen LogP contribution in [0.15, 0.2) is 46.3 Å². The lowest BCUT2D eigenvalue weighted by Crippen LogP contribution is -1.94. The quantitative estimate of drug-likeness (QED) is 0.791. The van der Waals surface area contributed by atoms with Gasteiger partial charge in [-0.05, 0) is 10.7 Å². The average Bonchev–Trinajstić information content (AvgIpc) is 3.06. The Hall–Kier alpha value is -2.34. The molecular formula is C13H11N3O2S. The van der Waals surface area contributed by atoms with Gasteiger partial charge in [0.05, 0.1) is 6.07 Å². The molecule has 6 heteroatoms. The van der Waals surface area contributed by atoms with Crippen molar-refractivity contribution in [1.29, 1.82) is 0 Å². The molecule has 0 spiro atoms. The molecule has 0 aliphatic rings. The second kappa shape index (κ2) is 5.11. The van der Waals surface area contributed by atoms with Crippen LogP contribution in [0.3, 0.4) is 0 Å². The Balaban J connectivity index is 1.68. The molecule has 3 aromatic rings. The Labute approximate surface area is 113 Å². The first-order valence-electron chi connectivity index (χ1n) is 5.66. The van der Waals surface area contributed by atoms with Crippen molar-refractivity contribution < 1.29 is 9.26 Å². The summed E-state index contributed by atoms with van der Waals surface area (Å²) in [5, 5.41) is 6.16. The molecule has 0 fully saturated rings. The van der Waals surface area contributed by atoms with E-state index in [1.807, 2.05) is 35.7 Å². The minimum atomic E-state index is 0.436. The number of nitrogens with two attached hydrogens (primary N) is 1. The van der Waals surface area contributed by atoms with Gasteiger partial charge < -0.3 is 15.0 Å². The van der Waals surface area contributed by atoms with Crippen molar-refractivity contribution >= 4 is 16.5 Å². The molecule has 0 bridgehead atoms. The summed E-state index contributed by atoms with van der Waals surface area (Å²) in [6, 6.07) is 11.6. The van der Waals surface area contributed by atoms with Gasteiger partial charge in [-0.2, -0.15) is 0 Å². The van der Waals surface area contributed by atoms with Gasteiger partial charge in [0.1, 0.15) is 12.3 Å². The van der Waals surface area contributed by atoms with Crippen molar-refractivity contribution in [2.24, 2.45) is 0 Å². The number of rotatable bonds is 4. The van der Waals surface area contributed by atoms with Crippen molar-refractivity contribution in [3.05, 3.63) is 47.3 Å². The number of benzene rings is 1. The molecule has 1 aromatic carbocycles. The maximum atomic E-state index is 5.57. The minimum absolute atomic E-state index is 0.436. The van der Waals surface area contributed by atoms with Gasteiger partial charge >= 0.3 is 0 Å². The Morgan fingerprint density at radius 1 is 1.26 bits per heavy atom. The fourth-order valence-electron chi connectivity index (χ4n) is 1.58. The topological polar surface area (TPSA) is 74.2 Å². The van der Waals surface area contributed by atoms with Gasteiger partial charge in [0.15, 0.2) is 10.9 Å². The highest BCUT2D eigenvalue weighted by Gasteiger charge is 2.10. The lowest BCUT2D eigenvalue weighted by atomic mass is 10.2. The molecule has 0 aliphatic heterocycles. The SMILES string of the molecule is Nc1nc(-c2cc(OCc3ccccc3)no2)cs1. The number of hydrogen-bond acceptors (Lipinski definition) is 6. The van der Waals surface area contributed by atoms with Gasteiger partial charge in [-0.25, -0.2) is 4.98 Å². The molecule has 3 rings (SSSR count). The largest absolute Gasteiger partial charge is 0.471 e. The van der Waals surface area contributed by atoms with E-state index in [9.17, 15) is 0 Å². The Morgan fingerprint density at radius 3 is 2.84 bits per heavy atom. The molecule has 2 heterocycles. The highest BCUT2D eigenvalue weighted by molar-refractivity contribution is 7.13. The van der Waals surface area contributed by atoms with Crippen LogP contribution < -0.4 is 10.5 Å². The summed E-state index contributed by atoms with van der Waals surface area (Å²) in [6.45, 7) is 0.450. The van der Waals surface area contributed by atoms with E-state index in [2.05, 4.69) is 10.1 Å². The molecule has 96 valence electrons. The van der Waals surface area contributed by atoms with Crippen molar-refractivity contribution in [2.45, 2.75) is 6.61 Å². The standard InChI is InChI=1S/C13H11N3O2S/c14-13-15-10(8-19-13)11-6-12(16-18-11)17-7-9-4-2-1-3-5-9/h1-6,8H,7H2,(H2,14,15). The Morgan fingerprint density at radius 2 is 2.11 bits per heavy atom. The summed E-state index contributed by atoms with van der Waals surface area (Å²) in [4.78, 5) is 4.12. The molecular weight excluding hydrogens is 262 g/mol. The maximum Gasteiger partial charge on any atom is 0.255 e. The highest BCUT2D eigenvalue weighted by Crippen LogP contribution is 2.26. The van der Waals surface area contributed by atoms with Crippen LogP contribution in [0.2, 0.25) is 0 Å². The monoisotopic (exact) mass is 273 g/mol. The first-order valence-corrected chi connectivity index (χ1v) is 6.54. The zero-order valence-electron chi connectivity index (χ0n) is 9.95. The van der Waals surface area contributed by atoms with Crippen molar-refractivity contribution in [3.63, 3.8) is 0 Å². The first kappa shape index (κ1) is 11.7. The fraction of sp³-hybridized carbons (Fsp3) is 0.0769. The highest BCUT2D eigenvalue weighted by atomic mass is 32.1. The number of nitrogens with zero attached hydrogens (tertiary/aromatic N) is 2. The summed E-state index contributed by atoms with van der Waals surface area (Å²) in [5.41, 5.74) is 7.32. The third kappa shape index (κ3) is 2.74. The van der Waals surface area contributed by atoms with Crippen molar-refractivity contribution in [3.8, 4) is 17.3 Å². The zero-order valence-corrected chi connectivity index (χ0v) is 10.8. The lowest BCUT2D eigenvalue weighted by molar-refractivity contribution is 0.270. The minimum Gasteiger partial charge on any atom is -0.471 e. The number of hydrogen-bond donors (Lipinski definition) is 1. The molecule has 0 unspecified atom stereocenters. The molecule has 2 N–H and O–H groups in total. The zero-order chi connectivity index (χ0) is 13.1. The predicted molar refractivity (Wildman–Crippen MR) is 72.8 cm³/mol. The average molecular weight is 273 g/mol. The summed E-state index contributed by atoms with van der Waals surface area (Å²) in [7, 11) is 0. The van der Waals surface area contributed by atoms with Crippen LogP contribution in [-0.4, -0.2) is 10.1 Å². The van der Waals surface area contributed by atoms with Crippen LogP contribution in [0.4, 0.5) is 5.13 Å². The third-order valence-corrected chi connectivity index (χ3v) is 3.17. The smallest absolute Gasteiger partial charge is 0.255 e. The molecule has 0 aliphatic carbocycles. The van der Waals surface area contributed by atoms with Gasteiger partial charge in [-0.1, -0.05) is 30.3 Å². The molecule has 0 atom stereocenters. The van der Waals surface area contributed by atoms with E-state index in [-0.39, 0.29) is 0 Å². The normalized spacial score (nSPS) is 10.5. The Bertz CT molecular complexity index is 663. The molecule has 0 radical (unpaired) electrons. The molecule has 0 saturated carbocycles. The van der Waals surface area contributed by atoms with Gasteiger partial charge in [-0.15, -0.1) is 11.3 Å². The number of thiazole rings is 1. The Kier molecular flexibility index (Phi) is 3.16. The number of aromatic nitrogens is 2. The van der Waals surface area contributed by atoms with Crippen LogP contribution in [-0.2, 0) is 6.61 Å². The first-order chi connectivity index (χ1) is 9.31. The summed E-state index contributed by atoms with van der Waals surface area (Å²) in [6.07, 6.45) is 0. The van der Waals surface area contributed by atoms with Crippen LogP contribution in [0.25, 0.3) is 11.5 Å². The predicted octanol–water partition coefficient (Wildman–Crippen LogP) is 2.96. The fourth-order valence-corrected chi connectivity index (χ4v) is 2.13. The summed E-state index contributed by atoms with van der Waals surface area (Å²) < 4.78 is 10.7. The summed E-state index contributed by atoms with van der Waals surface area (Å²) >= 11 is 1.36. The number of anilines is 1. The van der Waals surface area contributed by atoms with Gasteiger partial charge in [0.25, 0.3) is 5.88 Å². The molecule has 0 saturated heterocycles. The second-order valence-corrected chi connectivity index (χ2v) is 4.76. The van der Waals surface area contributed by atoms with Gasteiger partial charge in [-0.3, -0.25) is 0 Å². The van der Waals surface area contributed by atoms with Gasteiger partial charge in [0, 0.05) is 5.38 Å². The van der Waals surface area contributed by atoms with Crippen LogP contribution in [0.1, 0.15) is 5.56 Å². The van der Waals surface area contributed by atoms with E-state index in [0.29, 0.717) is 29.1 Å². The van der Waals surface area contributed by atoms with Crippen LogP contribution in [0.5, 0.6) is 5.88 Å². The molecule has 19 heavy (non-hydrogen) atoms. The third-order valence-electron chi connectivity index (χ3n) is 2.49. The van der Waals surface area contributed by atoms with E-state index < -0.39 is 0 Å². The van der Waals surface area contributed by atoms with Crippen LogP contribution >= 0.6 is 11.3 Å². The van der Waals surface area contributed by atoms with Crippen molar-refractivity contribution in [2.75, 3.05) is 5.73 Å². The lowest BCUT2D eigenvalue weighted by Gasteiger charge is -2.00. The van der Waals surface area contributed by atoms with E-state index in [4.69, 9.17) is 15.0 Å². The molecule has 0 amide bonds. The second-order valence-electron chi connectivity index (χ2n) is 3.87. The number of nitrogen functional groups attached to an aromatic ring is 1.